The van der Waals surface area contributed by atoms with Gasteiger partial charge >= 0.3 is 12.1 Å². The van der Waals surface area contributed by atoms with E-state index in [0.717, 1.165) is 7.11 Å². The van der Waals surface area contributed by atoms with Gasteiger partial charge in [0.25, 0.3) is 5.91 Å². The maximum Gasteiger partial charge on any atom is 0.413 e. The number of amides is 3. The zero-order valence-electron chi connectivity index (χ0n) is 13.3. The summed E-state index contributed by atoms with van der Waals surface area (Å²) >= 11 is 0. The highest BCUT2D eigenvalue weighted by Gasteiger charge is 2.37. The van der Waals surface area contributed by atoms with Crippen molar-refractivity contribution in [1.29, 1.82) is 0 Å². The molecule has 1 N–H and O–H groups in total. The molecule has 1 aromatic heterocycles. The molecule has 1 fully saturated rings. The Morgan fingerprint density at radius 3 is 2.83 bits per heavy atom. The number of carbonyl (C=O) groups excluding carboxylic acids is 4. The van der Waals surface area contributed by atoms with E-state index in [1.165, 1.54) is 18.1 Å². The first-order valence-corrected chi connectivity index (χ1v) is 7.30. The van der Waals surface area contributed by atoms with Crippen LogP contribution in [0.4, 0.5) is 4.79 Å². The van der Waals surface area contributed by atoms with Gasteiger partial charge in [0.15, 0.2) is 6.10 Å². The molecule has 2 atom stereocenters. The zero-order valence-corrected chi connectivity index (χ0v) is 13.3. The molecule has 24 heavy (non-hydrogen) atoms. The fourth-order valence-electron chi connectivity index (χ4n) is 2.25. The van der Waals surface area contributed by atoms with Crippen LogP contribution in [0.3, 0.4) is 0 Å². The zero-order chi connectivity index (χ0) is 17.7. The summed E-state index contributed by atoms with van der Waals surface area (Å²) in [5.74, 6) is -1.71. The SMILES string of the molecule is COC(=O)NC(=O)[C@H](C)OC(=O)[C@@H]1CC(=O)N(Cc2ccco2)C1. The summed E-state index contributed by atoms with van der Waals surface area (Å²) in [6, 6.07) is 3.45. The van der Waals surface area contributed by atoms with Crippen LogP contribution >= 0.6 is 0 Å². The largest absolute Gasteiger partial charge is 0.467 e. The molecule has 9 heteroatoms. The van der Waals surface area contributed by atoms with Gasteiger partial charge in [0, 0.05) is 13.0 Å². The summed E-state index contributed by atoms with van der Waals surface area (Å²) in [4.78, 5) is 48.1. The Labute approximate surface area is 137 Å². The van der Waals surface area contributed by atoms with Crippen LogP contribution in [0.5, 0.6) is 0 Å². The normalized spacial score (nSPS) is 18.2. The maximum atomic E-state index is 12.1. The lowest BCUT2D eigenvalue weighted by Crippen LogP contribution is -2.40. The summed E-state index contributed by atoms with van der Waals surface area (Å²) in [5, 5.41) is 1.91. The van der Waals surface area contributed by atoms with Crippen LogP contribution in [0.15, 0.2) is 22.8 Å². The monoisotopic (exact) mass is 338 g/mol. The Morgan fingerprint density at radius 2 is 2.21 bits per heavy atom. The predicted molar refractivity (Wildman–Crippen MR) is 78.3 cm³/mol. The fraction of sp³-hybridized carbons (Fsp3) is 0.467. The molecule has 1 saturated heterocycles. The highest BCUT2D eigenvalue weighted by atomic mass is 16.6. The van der Waals surface area contributed by atoms with Crippen molar-refractivity contribution >= 4 is 23.9 Å². The number of carbonyl (C=O) groups is 4. The number of hydrogen-bond donors (Lipinski definition) is 1. The average Bonchev–Trinajstić information content (AvgIpc) is 3.17. The lowest BCUT2D eigenvalue weighted by molar-refractivity contribution is -0.158. The topological polar surface area (TPSA) is 115 Å². The molecule has 0 radical (unpaired) electrons. The molecule has 0 unspecified atom stereocenters. The molecular formula is C15H18N2O7. The van der Waals surface area contributed by atoms with Crippen molar-refractivity contribution in [2.45, 2.75) is 26.0 Å². The van der Waals surface area contributed by atoms with E-state index in [-0.39, 0.29) is 25.4 Å². The van der Waals surface area contributed by atoms with Crippen molar-refractivity contribution in [3.05, 3.63) is 24.2 Å². The Morgan fingerprint density at radius 1 is 1.46 bits per heavy atom. The Balaban J connectivity index is 1.85. The number of alkyl carbamates (subject to hydrolysis) is 1. The van der Waals surface area contributed by atoms with Gasteiger partial charge in [-0.25, -0.2) is 4.79 Å². The van der Waals surface area contributed by atoms with Crippen LogP contribution in [-0.2, 0) is 30.4 Å². The number of hydrogen-bond acceptors (Lipinski definition) is 7. The first-order valence-electron chi connectivity index (χ1n) is 7.30. The molecule has 3 amide bonds. The quantitative estimate of drug-likeness (QED) is 0.775. The van der Waals surface area contributed by atoms with Gasteiger partial charge in [0.1, 0.15) is 5.76 Å². The molecule has 0 aromatic carbocycles. The number of likely N-dealkylation sites (tertiary alicyclic amines) is 1. The third-order valence-corrected chi connectivity index (χ3v) is 3.55. The lowest BCUT2D eigenvalue weighted by Gasteiger charge is -2.16. The summed E-state index contributed by atoms with van der Waals surface area (Å²) in [6.45, 7) is 1.78. The van der Waals surface area contributed by atoms with E-state index in [1.807, 2.05) is 5.32 Å². The number of esters is 1. The van der Waals surface area contributed by atoms with Gasteiger partial charge in [-0.1, -0.05) is 0 Å². The minimum Gasteiger partial charge on any atom is -0.467 e. The van der Waals surface area contributed by atoms with Crippen LogP contribution in [0, 0.1) is 5.92 Å². The van der Waals surface area contributed by atoms with E-state index in [4.69, 9.17) is 9.15 Å². The van der Waals surface area contributed by atoms with Gasteiger partial charge in [0.2, 0.25) is 5.91 Å². The van der Waals surface area contributed by atoms with Crippen molar-refractivity contribution in [1.82, 2.24) is 10.2 Å². The van der Waals surface area contributed by atoms with Crippen molar-refractivity contribution < 1.29 is 33.1 Å². The van der Waals surface area contributed by atoms with Gasteiger partial charge in [-0.15, -0.1) is 0 Å². The van der Waals surface area contributed by atoms with E-state index in [2.05, 4.69) is 4.74 Å². The number of methoxy groups -OCH3 is 1. The molecule has 130 valence electrons. The number of nitrogens with one attached hydrogen (secondary N) is 1. The van der Waals surface area contributed by atoms with Gasteiger partial charge in [-0.05, 0) is 19.1 Å². The number of nitrogens with zero attached hydrogens (tertiary/aromatic N) is 1. The van der Waals surface area contributed by atoms with Gasteiger partial charge in [-0.2, -0.15) is 0 Å². The predicted octanol–water partition coefficient (Wildman–Crippen LogP) is 0.442. The van der Waals surface area contributed by atoms with Crippen molar-refractivity contribution in [2.24, 2.45) is 5.92 Å². The molecule has 2 heterocycles. The Bertz CT molecular complexity index is 626. The molecule has 1 aliphatic heterocycles. The maximum absolute atomic E-state index is 12.1. The average molecular weight is 338 g/mol. The number of furan rings is 1. The third-order valence-electron chi connectivity index (χ3n) is 3.55. The van der Waals surface area contributed by atoms with E-state index < -0.39 is 30.0 Å². The number of rotatable bonds is 5. The minimum atomic E-state index is -1.18. The van der Waals surface area contributed by atoms with Crippen LogP contribution in [0.25, 0.3) is 0 Å². The second-order valence-corrected chi connectivity index (χ2v) is 5.31. The fourth-order valence-corrected chi connectivity index (χ4v) is 2.25. The van der Waals surface area contributed by atoms with E-state index in [0.29, 0.717) is 5.76 Å². The standard InChI is InChI=1S/C15H18N2O7/c1-9(13(19)16-15(21)22-2)24-14(20)10-6-12(18)17(7-10)8-11-4-3-5-23-11/h3-5,9-10H,6-8H2,1-2H3,(H,16,19,21)/t9-,10+/m0/s1. The molecule has 2 rings (SSSR count). The first-order chi connectivity index (χ1) is 11.4. The molecule has 1 aliphatic rings. The third kappa shape index (κ3) is 4.34. The summed E-state index contributed by atoms with van der Waals surface area (Å²) in [7, 11) is 1.11. The van der Waals surface area contributed by atoms with Crippen molar-refractivity contribution in [2.75, 3.05) is 13.7 Å². The van der Waals surface area contributed by atoms with E-state index in [1.54, 1.807) is 12.1 Å². The highest BCUT2D eigenvalue weighted by molar-refractivity contribution is 5.95. The second-order valence-electron chi connectivity index (χ2n) is 5.31. The molecule has 0 bridgehead atoms. The molecule has 0 saturated carbocycles. The summed E-state index contributed by atoms with van der Waals surface area (Å²) < 4.78 is 14.5. The molecule has 9 nitrogen and oxygen atoms in total. The Kier molecular flexibility index (Phi) is 5.56. The lowest BCUT2D eigenvalue weighted by atomic mass is 10.1. The van der Waals surface area contributed by atoms with Gasteiger partial charge in [-0.3, -0.25) is 19.7 Å². The van der Waals surface area contributed by atoms with E-state index in [9.17, 15) is 19.2 Å². The minimum absolute atomic E-state index is 0.00484. The highest BCUT2D eigenvalue weighted by Crippen LogP contribution is 2.22. The van der Waals surface area contributed by atoms with Crippen LogP contribution in [0.2, 0.25) is 0 Å². The Hall–Kier alpha value is -2.84. The van der Waals surface area contributed by atoms with Crippen LogP contribution in [0.1, 0.15) is 19.1 Å². The smallest absolute Gasteiger partial charge is 0.413 e. The van der Waals surface area contributed by atoms with Gasteiger partial charge < -0.3 is 18.8 Å². The first kappa shape index (κ1) is 17.5. The molecule has 1 aromatic rings. The van der Waals surface area contributed by atoms with E-state index >= 15 is 0 Å². The molecular weight excluding hydrogens is 320 g/mol. The second kappa shape index (κ2) is 7.62. The molecule has 0 spiro atoms. The number of ether oxygens (including phenoxy) is 2. The molecule has 0 aliphatic carbocycles. The summed E-state index contributed by atoms with van der Waals surface area (Å²) in [5.41, 5.74) is 0. The van der Waals surface area contributed by atoms with Crippen molar-refractivity contribution in [3.8, 4) is 0 Å². The van der Waals surface area contributed by atoms with Gasteiger partial charge in [0.05, 0.1) is 25.8 Å². The van der Waals surface area contributed by atoms with Crippen molar-refractivity contribution in [3.63, 3.8) is 0 Å². The van der Waals surface area contributed by atoms with Crippen LogP contribution in [-0.4, -0.2) is 48.5 Å². The summed E-state index contributed by atoms with van der Waals surface area (Å²) in [6.07, 6.45) is -0.608. The van der Waals surface area contributed by atoms with Crippen LogP contribution < -0.4 is 5.32 Å². The number of imide groups is 1.